The lowest BCUT2D eigenvalue weighted by atomic mass is 9.45. The Morgan fingerprint density at radius 3 is 2.62 bits per heavy atom. The summed E-state index contributed by atoms with van der Waals surface area (Å²) in [6.45, 7) is 6.12. The van der Waals surface area contributed by atoms with Crippen LogP contribution in [0.2, 0.25) is 0 Å². The molecule has 0 amide bonds. The fourth-order valence-electron chi connectivity index (χ4n) is 7.32. The Morgan fingerprint density at radius 2 is 2.00 bits per heavy atom. The van der Waals surface area contributed by atoms with Crippen LogP contribution >= 0.6 is 23.2 Å². The van der Waals surface area contributed by atoms with Crippen LogP contribution in [0.1, 0.15) is 47.0 Å². The van der Waals surface area contributed by atoms with Crippen LogP contribution in [0, 0.1) is 28.6 Å². The van der Waals surface area contributed by atoms with Gasteiger partial charge in [0, 0.05) is 29.0 Å². The molecule has 0 spiro atoms. The topological polar surface area (TPSA) is 80.7 Å². The molecule has 5 nitrogen and oxygen atoms in total. The van der Waals surface area contributed by atoms with Crippen LogP contribution < -0.4 is 0 Å². The molecule has 0 aromatic carbocycles. The van der Waals surface area contributed by atoms with Gasteiger partial charge >= 0.3 is 5.97 Å². The predicted molar refractivity (Wildman–Crippen MR) is 118 cm³/mol. The zero-order chi connectivity index (χ0) is 23.9. The number of ketones is 2. The lowest BCUT2D eigenvalue weighted by Gasteiger charge is -2.63. The lowest BCUT2D eigenvalue weighted by molar-refractivity contribution is -0.192. The van der Waals surface area contributed by atoms with E-state index >= 15 is 4.39 Å². The Balaban J connectivity index is 1.80. The minimum absolute atomic E-state index is 0.0431. The summed E-state index contributed by atoms with van der Waals surface area (Å²) in [4.78, 5) is 35.0. The van der Waals surface area contributed by atoms with Gasteiger partial charge in [-0.25, -0.2) is 4.39 Å². The van der Waals surface area contributed by atoms with E-state index in [1.165, 1.54) is 19.1 Å². The molecule has 3 fully saturated rings. The number of Topliss-reactive ketones (excluding diaryl/α,β-unsaturated/α-hetero) is 1. The number of fused-ring (bicyclic) bond motifs is 5. The number of aliphatic hydroxyl groups excluding tert-OH is 1. The van der Waals surface area contributed by atoms with Crippen LogP contribution in [0.25, 0.3) is 0 Å². The average Bonchev–Trinajstić information content (AvgIpc) is 2.89. The highest BCUT2D eigenvalue weighted by Crippen LogP contribution is 2.72. The molecule has 3 unspecified atom stereocenters. The molecule has 0 aliphatic heterocycles. The molecule has 0 aromatic rings. The van der Waals surface area contributed by atoms with E-state index in [0.29, 0.717) is 18.4 Å². The maximum Gasteiger partial charge on any atom is 0.303 e. The van der Waals surface area contributed by atoms with E-state index in [9.17, 15) is 19.5 Å². The Bertz CT molecular complexity index is 949. The third-order valence-corrected chi connectivity index (χ3v) is 10.4. The molecule has 3 saturated carbocycles. The highest BCUT2D eigenvalue weighted by atomic mass is 35.5. The van der Waals surface area contributed by atoms with Crippen molar-refractivity contribution in [2.24, 2.45) is 28.6 Å². The Labute approximate surface area is 197 Å². The SMILES string of the molecule is CC(=O)OCC(=O)[C@@]1(Cl)C(C)C[C@H]2[C@@H]3C(Cl)CC4=CC(=O)C=C[C@]4(C)[C@@]3(F)C(O)C[C@@]21C. The lowest BCUT2D eigenvalue weighted by Crippen LogP contribution is -2.70. The number of halogens is 3. The van der Waals surface area contributed by atoms with Crippen molar-refractivity contribution in [1.82, 2.24) is 0 Å². The summed E-state index contributed by atoms with van der Waals surface area (Å²) in [5.41, 5.74) is -3.67. The minimum Gasteiger partial charge on any atom is -0.458 e. The van der Waals surface area contributed by atoms with Crippen molar-refractivity contribution in [2.75, 3.05) is 6.61 Å². The van der Waals surface area contributed by atoms with Crippen molar-refractivity contribution in [3.63, 3.8) is 0 Å². The molecule has 4 rings (SSSR count). The van der Waals surface area contributed by atoms with E-state index in [4.69, 9.17) is 27.9 Å². The van der Waals surface area contributed by atoms with Crippen molar-refractivity contribution in [1.29, 1.82) is 0 Å². The first kappa shape index (κ1) is 23.9. The quantitative estimate of drug-likeness (QED) is 0.482. The summed E-state index contributed by atoms with van der Waals surface area (Å²) in [5.74, 6) is -2.74. The largest absolute Gasteiger partial charge is 0.458 e. The van der Waals surface area contributed by atoms with E-state index < -0.39 is 57.1 Å². The zero-order valence-electron chi connectivity index (χ0n) is 18.7. The van der Waals surface area contributed by atoms with Gasteiger partial charge in [0.2, 0.25) is 0 Å². The molecule has 8 heteroatoms. The van der Waals surface area contributed by atoms with Gasteiger partial charge in [-0.3, -0.25) is 14.4 Å². The number of ether oxygens (including phenoxy) is 1. The van der Waals surface area contributed by atoms with Gasteiger partial charge in [0.15, 0.2) is 23.8 Å². The fraction of sp³-hybridized carbons (Fsp3) is 0.708. The first-order valence-corrected chi connectivity index (χ1v) is 11.9. The van der Waals surface area contributed by atoms with Gasteiger partial charge < -0.3 is 9.84 Å². The van der Waals surface area contributed by atoms with Gasteiger partial charge in [0.1, 0.15) is 4.87 Å². The van der Waals surface area contributed by atoms with E-state index in [1.807, 2.05) is 13.8 Å². The first-order chi connectivity index (χ1) is 14.7. The van der Waals surface area contributed by atoms with E-state index in [1.54, 1.807) is 13.0 Å². The molecule has 32 heavy (non-hydrogen) atoms. The number of hydrogen-bond donors (Lipinski definition) is 1. The predicted octanol–water partition coefficient (Wildman–Crippen LogP) is 3.93. The summed E-state index contributed by atoms with van der Waals surface area (Å²) in [6, 6.07) is 0. The second-order valence-electron chi connectivity index (χ2n) is 10.4. The maximum atomic E-state index is 17.2. The molecular weight excluding hydrogens is 458 g/mol. The number of aliphatic hydroxyl groups is 1. The van der Waals surface area contributed by atoms with Gasteiger partial charge in [-0.15, -0.1) is 23.2 Å². The standard InChI is InChI=1S/C24H29Cl2FO5/c1-12-7-16-20-17(25)9-14-8-15(29)5-6-21(14,3)24(20,27)18(30)10-22(16,4)23(12,26)19(31)11-32-13(2)28/h5-6,8,12,16-18,20,30H,7,9-11H2,1-4H3/t12?,16-,17?,18?,20+,21-,22-,23-,24+/m0/s1. The molecule has 0 saturated heterocycles. The molecule has 0 aromatic heterocycles. The van der Waals surface area contributed by atoms with Gasteiger partial charge in [0.05, 0.1) is 6.10 Å². The summed E-state index contributed by atoms with van der Waals surface area (Å²) in [5, 5.41) is 10.7. The van der Waals surface area contributed by atoms with Crippen LogP contribution in [0.4, 0.5) is 4.39 Å². The van der Waals surface area contributed by atoms with Crippen molar-refractivity contribution < 1.29 is 28.6 Å². The smallest absolute Gasteiger partial charge is 0.303 e. The van der Waals surface area contributed by atoms with Gasteiger partial charge in [-0.2, -0.15) is 0 Å². The highest BCUT2D eigenvalue weighted by molar-refractivity contribution is 6.36. The number of allylic oxidation sites excluding steroid dienone is 4. The van der Waals surface area contributed by atoms with E-state index in [-0.39, 0.29) is 24.0 Å². The molecule has 0 radical (unpaired) electrons. The number of carbonyl (C=O) groups is 3. The number of rotatable bonds is 3. The average molecular weight is 487 g/mol. The number of hydrogen-bond acceptors (Lipinski definition) is 5. The summed E-state index contributed by atoms with van der Waals surface area (Å²) in [7, 11) is 0. The second-order valence-corrected chi connectivity index (χ2v) is 11.6. The van der Waals surface area contributed by atoms with Crippen molar-refractivity contribution >= 4 is 40.7 Å². The van der Waals surface area contributed by atoms with Gasteiger partial charge in [-0.1, -0.05) is 25.5 Å². The van der Waals surface area contributed by atoms with Crippen molar-refractivity contribution in [3.05, 3.63) is 23.8 Å². The van der Waals surface area contributed by atoms with Crippen molar-refractivity contribution in [2.45, 2.75) is 69.0 Å². The third-order valence-electron chi connectivity index (χ3n) is 8.93. The molecule has 4 aliphatic carbocycles. The molecule has 1 N–H and O–H groups in total. The molecule has 0 heterocycles. The minimum atomic E-state index is -2.12. The molecule has 9 atom stereocenters. The number of carbonyl (C=O) groups excluding carboxylic acids is 3. The molecular formula is C24H29Cl2FO5. The van der Waals surface area contributed by atoms with E-state index in [0.717, 1.165) is 0 Å². The number of esters is 1. The summed E-state index contributed by atoms with van der Waals surface area (Å²) >= 11 is 13.9. The zero-order valence-corrected chi connectivity index (χ0v) is 20.2. The maximum absolute atomic E-state index is 17.2. The van der Waals surface area contributed by atoms with Crippen LogP contribution in [-0.4, -0.2) is 51.3 Å². The monoisotopic (exact) mass is 486 g/mol. The van der Waals surface area contributed by atoms with E-state index in [2.05, 4.69) is 0 Å². The van der Waals surface area contributed by atoms with Crippen LogP contribution in [0.5, 0.6) is 0 Å². The summed E-state index contributed by atoms with van der Waals surface area (Å²) < 4.78 is 22.2. The van der Waals surface area contributed by atoms with Gasteiger partial charge in [-0.05, 0) is 50.2 Å². The molecule has 4 aliphatic rings. The van der Waals surface area contributed by atoms with Gasteiger partial charge in [0.25, 0.3) is 0 Å². The Morgan fingerprint density at radius 1 is 1.34 bits per heavy atom. The fourth-order valence-corrected chi connectivity index (χ4v) is 8.21. The van der Waals surface area contributed by atoms with Crippen LogP contribution in [0.3, 0.4) is 0 Å². The third kappa shape index (κ3) is 2.81. The van der Waals surface area contributed by atoms with Crippen LogP contribution in [-0.2, 0) is 19.1 Å². The molecule has 0 bridgehead atoms. The first-order valence-electron chi connectivity index (χ1n) is 11.0. The van der Waals surface area contributed by atoms with Crippen molar-refractivity contribution in [3.8, 4) is 0 Å². The highest BCUT2D eigenvalue weighted by Gasteiger charge is 2.76. The second kappa shape index (κ2) is 7.38. The van der Waals surface area contributed by atoms with Crippen LogP contribution in [0.15, 0.2) is 23.8 Å². The Kier molecular flexibility index (Phi) is 5.51. The molecule has 176 valence electrons. The normalized spacial score (nSPS) is 49.6. The Hall–Kier alpha value is -1.24. The number of alkyl halides is 3. The summed E-state index contributed by atoms with van der Waals surface area (Å²) in [6.07, 6.45) is 3.61.